The van der Waals surface area contributed by atoms with Crippen LogP contribution in [0.25, 0.3) is 0 Å². The van der Waals surface area contributed by atoms with Gasteiger partial charge in [-0.15, -0.1) is 24.0 Å². The Morgan fingerprint density at radius 1 is 1.14 bits per heavy atom. The van der Waals surface area contributed by atoms with E-state index in [9.17, 15) is 0 Å². The number of rotatable bonds is 10. The number of aliphatic imine (C=N–C) groups is 1. The van der Waals surface area contributed by atoms with Crippen LogP contribution in [-0.4, -0.2) is 44.9 Å². The Hall–Kier alpha value is -2.07. The highest BCUT2D eigenvalue weighted by Gasteiger charge is 2.05. The zero-order valence-electron chi connectivity index (χ0n) is 16.6. The van der Waals surface area contributed by atoms with Crippen LogP contribution in [0.4, 0.5) is 5.69 Å². The minimum absolute atomic E-state index is 0. The maximum absolute atomic E-state index is 5.74. The number of halogens is 1. The molecule has 2 aromatic rings. The van der Waals surface area contributed by atoms with E-state index in [-0.39, 0.29) is 24.0 Å². The van der Waals surface area contributed by atoms with E-state index in [1.54, 1.807) is 20.4 Å². The van der Waals surface area contributed by atoms with Crippen molar-refractivity contribution in [3.63, 3.8) is 0 Å². The zero-order chi connectivity index (χ0) is 19.3. The molecule has 0 aliphatic carbocycles. The zero-order valence-corrected chi connectivity index (χ0v) is 18.9. The number of hydrogen-bond acceptors (Lipinski definition) is 5. The van der Waals surface area contributed by atoms with Gasteiger partial charge in [0.15, 0.2) is 5.96 Å². The number of methoxy groups -OCH3 is 2. The molecule has 0 saturated heterocycles. The summed E-state index contributed by atoms with van der Waals surface area (Å²) in [5.41, 5.74) is 1.82. The number of aromatic nitrogens is 1. The first kappa shape index (κ1) is 24.0. The Balaban J connectivity index is 0.00000392. The summed E-state index contributed by atoms with van der Waals surface area (Å²) in [6, 6.07) is 11.6. The Morgan fingerprint density at radius 3 is 2.75 bits per heavy atom. The van der Waals surface area contributed by atoms with Gasteiger partial charge in [-0.25, -0.2) is 9.98 Å². The van der Waals surface area contributed by atoms with Crippen LogP contribution >= 0.6 is 24.0 Å². The highest BCUT2D eigenvalue weighted by molar-refractivity contribution is 14.0. The van der Waals surface area contributed by atoms with E-state index in [4.69, 9.17) is 14.2 Å². The molecule has 0 fully saturated rings. The molecule has 0 aliphatic rings. The molecule has 1 heterocycles. The van der Waals surface area contributed by atoms with Crippen LogP contribution < -0.4 is 20.1 Å². The topological polar surface area (TPSA) is 77.0 Å². The normalized spacial score (nSPS) is 10.8. The summed E-state index contributed by atoms with van der Waals surface area (Å²) in [4.78, 5) is 8.82. The van der Waals surface area contributed by atoms with E-state index in [1.165, 1.54) is 0 Å². The summed E-state index contributed by atoms with van der Waals surface area (Å²) in [6.07, 6.45) is 2.55. The highest BCUT2D eigenvalue weighted by Crippen LogP contribution is 2.18. The number of ether oxygens (including phenoxy) is 3. The number of hydrogen-bond donors (Lipinski definition) is 2. The summed E-state index contributed by atoms with van der Waals surface area (Å²) in [5.74, 6) is 2.07. The average molecular weight is 500 g/mol. The van der Waals surface area contributed by atoms with E-state index >= 15 is 0 Å². The van der Waals surface area contributed by atoms with Crippen molar-refractivity contribution in [2.24, 2.45) is 4.99 Å². The van der Waals surface area contributed by atoms with Crippen molar-refractivity contribution in [1.82, 2.24) is 10.3 Å². The minimum atomic E-state index is 0. The SMILES string of the molecule is CCNC(=NCc1cccnc1OC)Nc1cccc(OCCCOC)c1.I. The van der Waals surface area contributed by atoms with Crippen molar-refractivity contribution < 1.29 is 14.2 Å². The second-order valence-corrected chi connectivity index (χ2v) is 5.71. The number of guanidine groups is 1. The predicted octanol–water partition coefficient (Wildman–Crippen LogP) is 3.70. The number of nitrogens with one attached hydrogen (secondary N) is 2. The molecule has 1 aromatic heterocycles. The molecule has 0 saturated carbocycles. The van der Waals surface area contributed by atoms with Crippen LogP contribution in [0.15, 0.2) is 47.6 Å². The average Bonchev–Trinajstić information content (AvgIpc) is 2.70. The largest absolute Gasteiger partial charge is 0.493 e. The van der Waals surface area contributed by atoms with E-state index in [0.29, 0.717) is 31.6 Å². The van der Waals surface area contributed by atoms with E-state index in [2.05, 4.69) is 20.6 Å². The van der Waals surface area contributed by atoms with Crippen LogP contribution in [-0.2, 0) is 11.3 Å². The first-order valence-corrected chi connectivity index (χ1v) is 9.01. The van der Waals surface area contributed by atoms with Gasteiger partial charge in [0.05, 0.1) is 20.3 Å². The van der Waals surface area contributed by atoms with Crippen molar-refractivity contribution >= 4 is 35.6 Å². The fraction of sp³-hybridized carbons (Fsp3) is 0.400. The summed E-state index contributed by atoms with van der Waals surface area (Å²) >= 11 is 0. The molecular weight excluding hydrogens is 471 g/mol. The first-order valence-electron chi connectivity index (χ1n) is 9.01. The molecule has 0 spiro atoms. The summed E-state index contributed by atoms with van der Waals surface area (Å²) < 4.78 is 16.1. The standard InChI is InChI=1S/C20H28N4O3.HI/c1-4-21-20(23-15-16-8-6-11-22-19(16)26-3)24-17-9-5-10-18(14-17)27-13-7-12-25-2;/h5-6,8-11,14H,4,7,12-13,15H2,1-3H3,(H2,21,23,24);1H. The molecule has 0 atom stereocenters. The molecule has 8 heteroatoms. The molecule has 1 aromatic carbocycles. The van der Waals surface area contributed by atoms with E-state index < -0.39 is 0 Å². The fourth-order valence-electron chi connectivity index (χ4n) is 2.39. The van der Waals surface area contributed by atoms with Gasteiger partial charge in [-0.3, -0.25) is 0 Å². The lowest BCUT2D eigenvalue weighted by Gasteiger charge is -2.13. The van der Waals surface area contributed by atoms with Gasteiger partial charge in [-0.05, 0) is 25.1 Å². The summed E-state index contributed by atoms with van der Waals surface area (Å²) in [7, 11) is 3.30. The van der Waals surface area contributed by atoms with Crippen molar-refractivity contribution in [1.29, 1.82) is 0 Å². The lowest BCUT2D eigenvalue weighted by molar-refractivity contribution is 0.172. The summed E-state index contributed by atoms with van der Waals surface area (Å²) in [6.45, 7) is 4.54. The van der Waals surface area contributed by atoms with Crippen molar-refractivity contribution in [2.75, 3.05) is 39.3 Å². The summed E-state index contributed by atoms with van der Waals surface area (Å²) in [5, 5.41) is 6.54. The van der Waals surface area contributed by atoms with Crippen molar-refractivity contribution in [3.05, 3.63) is 48.2 Å². The predicted molar refractivity (Wildman–Crippen MR) is 123 cm³/mol. The van der Waals surface area contributed by atoms with Gasteiger partial charge in [0, 0.05) is 50.2 Å². The molecule has 0 amide bonds. The smallest absolute Gasteiger partial charge is 0.218 e. The van der Waals surface area contributed by atoms with Crippen LogP contribution in [0.1, 0.15) is 18.9 Å². The van der Waals surface area contributed by atoms with Gasteiger partial charge in [0.2, 0.25) is 5.88 Å². The maximum Gasteiger partial charge on any atom is 0.218 e. The molecule has 0 aliphatic heterocycles. The molecule has 7 nitrogen and oxygen atoms in total. The molecule has 0 radical (unpaired) electrons. The van der Waals surface area contributed by atoms with Gasteiger partial charge in [-0.2, -0.15) is 0 Å². The van der Waals surface area contributed by atoms with Gasteiger partial charge < -0.3 is 24.8 Å². The van der Waals surface area contributed by atoms with Gasteiger partial charge >= 0.3 is 0 Å². The third kappa shape index (κ3) is 8.30. The quantitative estimate of drug-likeness (QED) is 0.224. The second-order valence-electron chi connectivity index (χ2n) is 5.71. The van der Waals surface area contributed by atoms with Crippen LogP contribution in [0.3, 0.4) is 0 Å². The number of benzene rings is 1. The monoisotopic (exact) mass is 500 g/mol. The molecular formula is C20H29IN4O3. The number of pyridine rings is 1. The molecule has 2 N–H and O–H groups in total. The van der Waals surface area contributed by atoms with Crippen LogP contribution in [0.5, 0.6) is 11.6 Å². The van der Waals surface area contributed by atoms with Gasteiger partial charge in [-0.1, -0.05) is 12.1 Å². The van der Waals surface area contributed by atoms with Crippen molar-refractivity contribution in [2.45, 2.75) is 19.9 Å². The first-order chi connectivity index (χ1) is 13.3. The molecule has 154 valence electrons. The van der Waals surface area contributed by atoms with Gasteiger partial charge in [0.25, 0.3) is 0 Å². The third-order valence-corrected chi connectivity index (χ3v) is 3.65. The number of anilines is 1. The van der Waals surface area contributed by atoms with Crippen LogP contribution in [0.2, 0.25) is 0 Å². The van der Waals surface area contributed by atoms with E-state index in [0.717, 1.165) is 30.0 Å². The Bertz CT molecular complexity index is 728. The second kappa shape index (κ2) is 14.0. The molecule has 28 heavy (non-hydrogen) atoms. The van der Waals surface area contributed by atoms with Crippen molar-refractivity contribution in [3.8, 4) is 11.6 Å². The lowest BCUT2D eigenvalue weighted by Crippen LogP contribution is -2.30. The van der Waals surface area contributed by atoms with E-state index in [1.807, 2.05) is 43.3 Å². The lowest BCUT2D eigenvalue weighted by atomic mass is 10.3. The Kier molecular flexibility index (Phi) is 12.0. The molecule has 0 unspecified atom stereocenters. The highest BCUT2D eigenvalue weighted by atomic mass is 127. The Labute approximate surface area is 183 Å². The van der Waals surface area contributed by atoms with Gasteiger partial charge in [0.1, 0.15) is 5.75 Å². The number of nitrogens with zero attached hydrogens (tertiary/aromatic N) is 2. The third-order valence-electron chi connectivity index (χ3n) is 3.65. The maximum atomic E-state index is 5.74. The fourth-order valence-corrected chi connectivity index (χ4v) is 2.39. The Morgan fingerprint density at radius 2 is 2.00 bits per heavy atom. The molecule has 2 rings (SSSR count). The molecule has 0 bridgehead atoms. The van der Waals surface area contributed by atoms with Crippen LogP contribution in [0, 0.1) is 0 Å². The minimum Gasteiger partial charge on any atom is -0.493 e.